The summed E-state index contributed by atoms with van der Waals surface area (Å²) in [5, 5.41) is 0. The first-order valence-electron chi connectivity index (χ1n) is 28.3. The zero-order chi connectivity index (χ0) is 49.3. The molecule has 0 aromatic carbocycles. The third-order valence-corrected chi connectivity index (χ3v) is 11.8. The van der Waals surface area contributed by atoms with Gasteiger partial charge in [0.05, 0.1) is 0 Å². The number of carbonyl (C=O) groups excluding carboxylic acids is 3. The Bertz CT molecular complexity index is 1360. The van der Waals surface area contributed by atoms with Gasteiger partial charge in [-0.3, -0.25) is 14.4 Å². The highest BCUT2D eigenvalue weighted by molar-refractivity contribution is 5.71. The normalized spacial score (nSPS) is 12.8. The number of rotatable bonds is 50. The van der Waals surface area contributed by atoms with E-state index in [1.807, 2.05) is 0 Å². The Morgan fingerprint density at radius 3 is 1.07 bits per heavy atom. The van der Waals surface area contributed by atoms with Crippen LogP contribution in [-0.2, 0) is 28.6 Å². The summed E-state index contributed by atoms with van der Waals surface area (Å²) in [6.07, 6.45) is 74.0. The van der Waals surface area contributed by atoms with E-state index < -0.39 is 6.10 Å². The fraction of sp³-hybridized carbons (Fsp3) is 0.694. The molecule has 0 aliphatic heterocycles. The summed E-state index contributed by atoms with van der Waals surface area (Å²) in [4.78, 5) is 38.1. The van der Waals surface area contributed by atoms with E-state index in [-0.39, 0.29) is 37.5 Å². The van der Waals surface area contributed by atoms with Crippen molar-refractivity contribution in [2.24, 2.45) is 0 Å². The molecule has 0 aromatic heterocycles. The van der Waals surface area contributed by atoms with Crippen LogP contribution in [0.15, 0.2) is 97.2 Å². The summed E-state index contributed by atoms with van der Waals surface area (Å²) in [6, 6.07) is 0. The maximum atomic E-state index is 12.8. The second-order valence-corrected chi connectivity index (χ2v) is 18.5. The topological polar surface area (TPSA) is 78.9 Å². The molecule has 6 nitrogen and oxygen atoms in total. The van der Waals surface area contributed by atoms with Crippen molar-refractivity contribution in [1.29, 1.82) is 0 Å². The SMILES string of the molecule is CC/C=C\C/C=C\C/C=C\C/C=C\C/C=C\CCCC(=O)OCC(COC(=O)CCCCC/C=C\C=C/CCCCCCCCC)OC(=O)CCCCCCCCC/C=C\CCCCCCCC. The minimum absolute atomic E-state index is 0.111. The van der Waals surface area contributed by atoms with Crippen molar-refractivity contribution in [1.82, 2.24) is 0 Å². The number of hydrogen-bond donors (Lipinski definition) is 0. The Morgan fingerprint density at radius 2 is 0.632 bits per heavy atom. The molecule has 0 aliphatic rings. The predicted molar refractivity (Wildman–Crippen MR) is 293 cm³/mol. The molecule has 6 heteroatoms. The highest BCUT2D eigenvalue weighted by atomic mass is 16.6. The second-order valence-electron chi connectivity index (χ2n) is 18.5. The average Bonchev–Trinajstić information content (AvgIpc) is 3.34. The van der Waals surface area contributed by atoms with Crippen LogP contribution in [0.4, 0.5) is 0 Å². The van der Waals surface area contributed by atoms with Gasteiger partial charge in [-0.25, -0.2) is 0 Å². The minimum Gasteiger partial charge on any atom is -0.462 e. The van der Waals surface area contributed by atoms with Crippen molar-refractivity contribution in [2.45, 2.75) is 264 Å². The van der Waals surface area contributed by atoms with Crippen LogP contribution in [0.25, 0.3) is 0 Å². The van der Waals surface area contributed by atoms with Crippen LogP contribution in [0.3, 0.4) is 0 Å². The quantitative estimate of drug-likeness (QED) is 0.0199. The second kappa shape index (κ2) is 55.9. The number of ether oxygens (including phenoxy) is 3. The fourth-order valence-corrected chi connectivity index (χ4v) is 7.58. The first-order valence-corrected chi connectivity index (χ1v) is 28.3. The van der Waals surface area contributed by atoms with E-state index in [0.29, 0.717) is 19.3 Å². The molecule has 0 amide bonds. The average molecular weight is 946 g/mol. The largest absolute Gasteiger partial charge is 0.462 e. The Balaban J connectivity index is 4.52. The fourth-order valence-electron chi connectivity index (χ4n) is 7.58. The zero-order valence-electron chi connectivity index (χ0n) is 44.3. The Morgan fingerprint density at radius 1 is 0.324 bits per heavy atom. The van der Waals surface area contributed by atoms with E-state index >= 15 is 0 Å². The predicted octanol–water partition coefficient (Wildman–Crippen LogP) is 18.9. The van der Waals surface area contributed by atoms with Crippen molar-refractivity contribution in [3.63, 3.8) is 0 Å². The van der Waals surface area contributed by atoms with E-state index in [4.69, 9.17) is 14.2 Å². The molecule has 0 fully saturated rings. The minimum atomic E-state index is -0.815. The van der Waals surface area contributed by atoms with Crippen LogP contribution in [0.2, 0.25) is 0 Å². The van der Waals surface area contributed by atoms with Gasteiger partial charge in [-0.05, 0) is 109 Å². The lowest BCUT2D eigenvalue weighted by molar-refractivity contribution is -0.167. The summed E-state index contributed by atoms with van der Waals surface area (Å²) in [5.74, 6) is -0.997. The van der Waals surface area contributed by atoms with Crippen molar-refractivity contribution >= 4 is 17.9 Å². The molecular formula is C62H104O6. The van der Waals surface area contributed by atoms with E-state index in [0.717, 1.165) is 89.9 Å². The summed E-state index contributed by atoms with van der Waals surface area (Å²) >= 11 is 0. The standard InChI is InChI=1S/C62H104O6/c1-4-7-10-13-16-19-22-25-28-31-34-37-40-43-46-49-52-55-61(64)67-58-59(57-66-60(63)54-51-48-45-42-39-36-33-30-27-24-21-18-15-12-9-6-3)68-62(65)56-53-50-47-44-41-38-35-32-29-26-23-20-17-14-11-8-5-2/h7,10,16,19,25-26,28-30,33-34,36-37,39,43,46,59H,4-6,8-9,11-15,17-18,20-24,27,31-32,35,38,40-42,44-45,47-58H2,1-3H3/b10-7-,19-16-,28-25-,29-26-,33-30-,37-34-,39-36-,46-43-. The summed E-state index contributed by atoms with van der Waals surface area (Å²) in [5.41, 5.74) is 0. The molecule has 0 spiro atoms. The molecule has 388 valence electrons. The molecule has 0 aliphatic carbocycles. The lowest BCUT2D eigenvalue weighted by Gasteiger charge is -2.18. The van der Waals surface area contributed by atoms with E-state index in [1.54, 1.807) is 0 Å². The van der Waals surface area contributed by atoms with Crippen molar-refractivity contribution < 1.29 is 28.6 Å². The van der Waals surface area contributed by atoms with Gasteiger partial charge in [0.25, 0.3) is 0 Å². The van der Waals surface area contributed by atoms with Gasteiger partial charge in [0.1, 0.15) is 13.2 Å². The van der Waals surface area contributed by atoms with Crippen LogP contribution >= 0.6 is 0 Å². The van der Waals surface area contributed by atoms with Gasteiger partial charge in [-0.15, -0.1) is 0 Å². The third-order valence-electron chi connectivity index (χ3n) is 11.8. The summed E-state index contributed by atoms with van der Waals surface area (Å²) in [6.45, 7) is 6.45. The van der Waals surface area contributed by atoms with Gasteiger partial charge >= 0.3 is 17.9 Å². The molecule has 0 rings (SSSR count). The lowest BCUT2D eigenvalue weighted by Crippen LogP contribution is -2.30. The maximum absolute atomic E-state index is 12.8. The molecular weight excluding hydrogens is 841 g/mol. The number of hydrogen-bond acceptors (Lipinski definition) is 6. The van der Waals surface area contributed by atoms with Crippen LogP contribution in [0, 0.1) is 0 Å². The molecule has 68 heavy (non-hydrogen) atoms. The number of carbonyl (C=O) groups is 3. The van der Waals surface area contributed by atoms with Crippen LogP contribution in [-0.4, -0.2) is 37.2 Å². The molecule has 0 saturated heterocycles. The highest BCUT2D eigenvalue weighted by Crippen LogP contribution is 2.14. The van der Waals surface area contributed by atoms with E-state index in [9.17, 15) is 14.4 Å². The van der Waals surface area contributed by atoms with Crippen LogP contribution in [0.1, 0.15) is 258 Å². The molecule has 0 heterocycles. The van der Waals surface area contributed by atoms with Gasteiger partial charge in [0, 0.05) is 19.3 Å². The highest BCUT2D eigenvalue weighted by Gasteiger charge is 2.19. The lowest BCUT2D eigenvalue weighted by atomic mass is 10.1. The number of unbranched alkanes of at least 4 members (excludes halogenated alkanes) is 24. The molecule has 0 saturated carbocycles. The molecule has 1 unspecified atom stereocenters. The maximum Gasteiger partial charge on any atom is 0.306 e. The number of allylic oxidation sites excluding steroid dienone is 16. The smallest absolute Gasteiger partial charge is 0.306 e. The van der Waals surface area contributed by atoms with Crippen molar-refractivity contribution in [3.05, 3.63) is 97.2 Å². The Kier molecular flexibility index (Phi) is 52.9. The van der Waals surface area contributed by atoms with Gasteiger partial charge in [-0.1, -0.05) is 227 Å². The molecule has 1 atom stereocenters. The first-order chi connectivity index (χ1) is 33.5. The van der Waals surface area contributed by atoms with Gasteiger partial charge in [-0.2, -0.15) is 0 Å². The molecule has 0 N–H and O–H groups in total. The van der Waals surface area contributed by atoms with Crippen molar-refractivity contribution in [2.75, 3.05) is 13.2 Å². The molecule has 0 aromatic rings. The monoisotopic (exact) mass is 945 g/mol. The van der Waals surface area contributed by atoms with Crippen molar-refractivity contribution in [3.8, 4) is 0 Å². The van der Waals surface area contributed by atoms with E-state index in [1.165, 1.54) is 122 Å². The molecule has 0 radical (unpaired) electrons. The number of esters is 3. The Labute approximate surface area is 419 Å². The Hall–Kier alpha value is -3.67. The zero-order valence-corrected chi connectivity index (χ0v) is 44.3. The van der Waals surface area contributed by atoms with Crippen LogP contribution < -0.4 is 0 Å². The summed E-state index contributed by atoms with van der Waals surface area (Å²) in [7, 11) is 0. The third kappa shape index (κ3) is 53.3. The van der Waals surface area contributed by atoms with E-state index in [2.05, 4.69) is 118 Å². The van der Waals surface area contributed by atoms with Gasteiger partial charge < -0.3 is 14.2 Å². The molecule has 0 bridgehead atoms. The first kappa shape index (κ1) is 64.3. The van der Waals surface area contributed by atoms with Gasteiger partial charge in [0.2, 0.25) is 0 Å². The summed E-state index contributed by atoms with van der Waals surface area (Å²) < 4.78 is 16.8. The van der Waals surface area contributed by atoms with Crippen LogP contribution in [0.5, 0.6) is 0 Å². The van der Waals surface area contributed by atoms with Gasteiger partial charge in [0.15, 0.2) is 6.10 Å².